The van der Waals surface area contributed by atoms with Crippen LogP contribution in [0.1, 0.15) is 24.0 Å². The average Bonchev–Trinajstić information content (AvgIpc) is 3.18. The molecule has 2 saturated heterocycles. The number of nitrogens with zero attached hydrogens (tertiary/aromatic N) is 2. The molecule has 1 aromatic rings. The van der Waals surface area contributed by atoms with Gasteiger partial charge in [0.15, 0.2) is 5.96 Å². The Morgan fingerprint density at radius 3 is 2.85 bits per heavy atom. The van der Waals surface area contributed by atoms with Crippen LogP contribution in [0.3, 0.4) is 0 Å². The van der Waals surface area contributed by atoms with Crippen molar-refractivity contribution in [2.45, 2.75) is 38.2 Å². The van der Waals surface area contributed by atoms with Crippen molar-refractivity contribution in [3.8, 4) is 0 Å². The lowest BCUT2D eigenvalue weighted by Gasteiger charge is -2.37. The van der Waals surface area contributed by atoms with Crippen LogP contribution in [-0.2, 0) is 22.6 Å². The highest BCUT2D eigenvalue weighted by Gasteiger charge is 2.32. The van der Waals surface area contributed by atoms with Crippen LogP contribution in [-0.4, -0.2) is 61.5 Å². The summed E-state index contributed by atoms with van der Waals surface area (Å²) in [6.07, 6.45) is 2.38. The lowest BCUT2D eigenvalue weighted by molar-refractivity contribution is -0.0817. The van der Waals surface area contributed by atoms with Gasteiger partial charge in [-0.25, -0.2) is 4.39 Å². The van der Waals surface area contributed by atoms with Crippen molar-refractivity contribution in [1.29, 1.82) is 0 Å². The maximum absolute atomic E-state index is 13.5. The fourth-order valence-corrected chi connectivity index (χ4v) is 3.36. The molecule has 146 valence electrons. The zero-order valence-corrected chi connectivity index (χ0v) is 17.3. The minimum Gasteiger partial charge on any atom is -0.392 e. The molecule has 0 amide bonds. The summed E-state index contributed by atoms with van der Waals surface area (Å²) in [6.45, 7) is 3.19. The van der Waals surface area contributed by atoms with Crippen molar-refractivity contribution in [3.05, 3.63) is 35.1 Å². The van der Waals surface area contributed by atoms with E-state index in [0.29, 0.717) is 18.7 Å². The highest BCUT2D eigenvalue weighted by molar-refractivity contribution is 14.0. The number of hydrogen-bond donors (Lipinski definition) is 2. The molecule has 0 saturated carbocycles. The third kappa shape index (κ3) is 5.28. The predicted octanol–water partition coefficient (Wildman–Crippen LogP) is 1.89. The van der Waals surface area contributed by atoms with E-state index in [2.05, 4.69) is 15.2 Å². The summed E-state index contributed by atoms with van der Waals surface area (Å²) in [7, 11) is 1.75. The van der Waals surface area contributed by atoms with Crippen LogP contribution in [0.4, 0.5) is 4.39 Å². The van der Waals surface area contributed by atoms with E-state index in [4.69, 9.17) is 9.47 Å². The molecule has 6 nitrogen and oxygen atoms in total. The zero-order chi connectivity index (χ0) is 17.6. The fraction of sp³-hybridized carbons (Fsp3) is 0.611. The van der Waals surface area contributed by atoms with E-state index < -0.39 is 0 Å². The predicted molar refractivity (Wildman–Crippen MR) is 108 cm³/mol. The molecule has 2 fully saturated rings. The van der Waals surface area contributed by atoms with Gasteiger partial charge in [0.25, 0.3) is 0 Å². The van der Waals surface area contributed by atoms with Gasteiger partial charge in [0, 0.05) is 38.9 Å². The van der Waals surface area contributed by atoms with Crippen molar-refractivity contribution in [1.82, 2.24) is 10.2 Å². The number of aliphatic hydroxyl groups is 1. The molecule has 0 spiro atoms. The van der Waals surface area contributed by atoms with Crippen molar-refractivity contribution in [3.63, 3.8) is 0 Å². The van der Waals surface area contributed by atoms with E-state index in [-0.39, 0.29) is 48.6 Å². The molecule has 3 rings (SSSR count). The van der Waals surface area contributed by atoms with Gasteiger partial charge in [0.1, 0.15) is 11.9 Å². The first-order valence-corrected chi connectivity index (χ1v) is 8.78. The van der Waals surface area contributed by atoms with Gasteiger partial charge in [-0.2, -0.15) is 0 Å². The number of ether oxygens (including phenoxy) is 2. The molecular formula is C18H27FIN3O3. The summed E-state index contributed by atoms with van der Waals surface area (Å²) in [6, 6.07) is 4.76. The first-order valence-electron chi connectivity index (χ1n) is 8.78. The van der Waals surface area contributed by atoms with Crippen LogP contribution in [0, 0.1) is 5.82 Å². The second kappa shape index (κ2) is 10.4. The topological polar surface area (TPSA) is 66.3 Å². The summed E-state index contributed by atoms with van der Waals surface area (Å²) >= 11 is 0. The lowest BCUT2D eigenvalue weighted by Crippen LogP contribution is -2.53. The Balaban J connectivity index is 0.00000243. The van der Waals surface area contributed by atoms with Gasteiger partial charge in [-0.3, -0.25) is 4.99 Å². The highest BCUT2D eigenvalue weighted by atomic mass is 127. The molecule has 2 unspecified atom stereocenters. The van der Waals surface area contributed by atoms with E-state index in [0.717, 1.165) is 44.1 Å². The fourth-order valence-electron chi connectivity index (χ4n) is 3.36. The van der Waals surface area contributed by atoms with E-state index in [1.165, 1.54) is 6.07 Å². The standard InChI is InChI=1S/C18H26FN3O3.HI/c1-20-18(21-10-13-4-5-15(19)14(9-13)12-23)22-6-8-25-17(11-22)16-3-2-7-24-16;/h4-5,9,16-17,23H,2-3,6-8,10-12H2,1H3,(H,20,21);1H. The van der Waals surface area contributed by atoms with E-state index in [1.54, 1.807) is 19.2 Å². The monoisotopic (exact) mass is 479 g/mol. The number of morpholine rings is 1. The Bertz CT molecular complexity index is 611. The zero-order valence-electron chi connectivity index (χ0n) is 15.0. The maximum atomic E-state index is 13.5. The second-order valence-corrected chi connectivity index (χ2v) is 6.39. The number of rotatable bonds is 4. The summed E-state index contributed by atoms with van der Waals surface area (Å²) in [4.78, 5) is 6.53. The molecule has 2 atom stereocenters. The van der Waals surface area contributed by atoms with Gasteiger partial charge in [-0.15, -0.1) is 24.0 Å². The number of nitrogens with one attached hydrogen (secondary N) is 1. The van der Waals surface area contributed by atoms with Crippen LogP contribution >= 0.6 is 24.0 Å². The third-order valence-electron chi connectivity index (χ3n) is 4.72. The smallest absolute Gasteiger partial charge is 0.194 e. The maximum Gasteiger partial charge on any atom is 0.194 e. The molecule has 0 radical (unpaired) electrons. The van der Waals surface area contributed by atoms with Crippen molar-refractivity contribution in [2.24, 2.45) is 4.99 Å². The van der Waals surface area contributed by atoms with Gasteiger partial charge in [0.2, 0.25) is 0 Å². The molecule has 0 bridgehead atoms. The van der Waals surface area contributed by atoms with Crippen LogP contribution < -0.4 is 5.32 Å². The molecule has 26 heavy (non-hydrogen) atoms. The molecule has 0 aliphatic carbocycles. The molecule has 2 heterocycles. The number of guanidine groups is 1. The molecule has 0 aromatic heterocycles. The lowest BCUT2D eigenvalue weighted by atomic mass is 10.1. The van der Waals surface area contributed by atoms with Crippen LogP contribution in [0.2, 0.25) is 0 Å². The number of aliphatic imine (C=N–C) groups is 1. The number of benzene rings is 1. The van der Waals surface area contributed by atoms with Crippen LogP contribution in [0.15, 0.2) is 23.2 Å². The van der Waals surface area contributed by atoms with Gasteiger partial charge in [-0.05, 0) is 30.5 Å². The van der Waals surface area contributed by atoms with Crippen molar-refractivity contribution >= 4 is 29.9 Å². The minimum atomic E-state index is -0.386. The molecule has 1 aromatic carbocycles. The van der Waals surface area contributed by atoms with Gasteiger partial charge >= 0.3 is 0 Å². The third-order valence-corrected chi connectivity index (χ3v) is 4.72. The highest BCUT2D eigenvalue weighted by Crippen LogP contribution is 2.21. The average molecular weight is 479 g/mol. The van der Waals surface area contributed by atoms with E-state index in [1.807, 2.05) is 0 Å². The Morgan fingerprint density at radius 2 is 2.15 bits per heavy atom. The SMILES string of the molecule is CN=C(NCc1ccc(F)c(CO)c1)N1CCOC(C2CCCO2)C1.I. The Morgan fingerprint density at radius 1 is 1.35 bits per heavy atom. The normalized spacial score (nSPS) is 23.7. The number of aliphatic hydroxyl groups excluding tert-OH is 1. The molecule has 2 N–H and O–H groups in total. The Kier molecular flexibility index (Phi) is 8.52. The number of hydrogen-bond acceptors (Lipinski definition) is 4. The quantitative estimate of drug-likeness (QED) is 0.393. The van der Waals surface area contributed by atoms with Crippen LogP contribution in [0.25, 0.3) is 0 Å². The molecule has 2 aliphatic heterocycles. The van der Waals surface area contributed by atoms with E-state index >= 15 is 0 Å². The molecular weight excluding hydrogens is 452 g/mol. The van der Waals surface area contributed by atoms with Gasteiger partial charge < -0.3 is 24.8 Å². The van der Waals surface area contributed by atoms with Gasteiger partial charge in [0.05, 0.1) is 19.3 Å². The number of halogens is 2. The second-order valence-electron chi connectivity index (χ2n) is 6.39. The molecule has 2 aliphatic rings. The summed E-state index contributed by atoms with van der Waals surface area (Å²) < 4.78 is 25.1. The van der Waals surface area contributed by atoms with Crippen LogP contribution in [0.5, 0.6) is 0 Å². The first kappa shape index (κ1) is 21.3. The largest absolute Gasteiger partial charge is 0.392 e. The summed E-state index contributed by atoms with van der Waals surface area (Å²) in [5, 5.41) is 12.5. The van der Waals surface area contributed by atoms with E-state index in [9.17, 15) is 9.50 Å². The Hall–Kier alpha value is -0.970. The first-order chi connectivity index (χ1) is 12.2. The van der Waals surface area contributed by atoms with Crippen molar-refractivity contribution in [2.75, 3.05) is 33.4 Å². The van der Waals surface area contributed by atoms with Crippen molar-refractivity contribution < 1.29 is 19.0 Å². The summed E-state index contributed by atoms with van der Waals surface area (Å²) in [5.74, 6) is 0.407. The van der Waals surface area contributed by atoms with Gasteiger partial charge in [-0.1, -0.05) is 6.07 Å². The molecule has 8 heteroatoms. The minimum absolute atomic E-state index is 0. The Labute approximate surface area is 170 Å². The summed E-state index contributed by atoms with van der Waals surface area (Å²) in [5.41, 5.74) is 1.20.